The summed E-state index contributed by atoms with van der Waals surface area (Å²) in [5, 5.41) is 10.2. The number of carbonyl (C=O) groups is 1. The van der Waals surface area contributed by atoms with Crippen LogP contribution in [0.2, 0.25) is 0 Å². The first-order valence-electron chi connectivity index (χ1n) is 12.8. The van der Waals surface area contributed by atoms with Crippen LogP contribution in [0.15, 0.2) is 54.2 Å². The predicted octanol–water partition coefficient (Wildman–Crippen LogP) is 5.52. The maximum absolute atomic E-state index is 12.4. The second kappa shape index (κ2) is 13.0. The van der Waals surface area contributed by atoms with E-state index in [1.54, 1.807) is 31.4 Å². The van der Waals surface area contributed by atoms with Gasteiger partial charge in [-0.3, -0.25) is 10.3 Å². The molecule has 1 aromatic carbocycles. The third kappa shape index (κ3) is 7.96. The first-order valence-corrected chi connectivity index (χ1v) is 12.8. The molecule has 1 aliphatic rings. The summed E-state index contributed by atoms with van der Waals surface area (Å²) >= 11 is 0. The topological polar surface area (TPSA) is 94.8 Å². The van der Waals surface area contributed by atoms with Gasteiger partial charge in [0, 0.05) is 18.0 Å². The number of pyridine rings is 1. The molecule has 0 amide bonds. The lowest BCUT2D eigenvalue weighted by Crippen LogP contribution is -2.31. The average molecular weight is 548 g/mol. The van der Waals surface area contributed by atoms with Gasteiger partial charge in [-0.15, -0.1) is 0 Å². The number of hydrogen-bond donors (Lipinski definition) is 2. The molecule has 4 rings (SSSR count). The number of nitrogens with one attached hydrogen (secondary N) is 1. The number of halogens is 3. The summed E-state index contributed by atoms with van der Waals surface area (Å²) in [4.78, 5) is 21.4. The van der Waals surface area contributed by atoms with E-state index in [4.69, 9.17) is 14.6 Å². The molecular formula is C28H32F3N3O5. The Kier molecular flexibility index (Phi) is 9.47. The number of aliphatic carboxylic acids is 1. The number of carboxylic acids is 1. The fraction of sp³-hybridized carbons (Fsp3) is 0.429. The zero-order valence-electron chi connectivity index (χ0n) is 21.7. The maximum atomic E-state index is 12.4. The van der Waals surface area contributed by atoms with Crippen LogP contribution in [0, 0.1) is 0 Å². The Bertz CT molecular complexity index is 1280. The minimum absolute atomic E-state index is 0.189. The van der Waals surface area contributed by atoms with Gasteiger partial charge in [0.15, 0.2) is 6.10 Å². The molecule has 1 saturated carbocycles. The van der Waals surface area contributed by atoms with Gasteiger partial charge in [-0.25, -0.2) is 9.78 Å². The summed E-state index contributed by atoms with van der Waals surface area (Å²) in [5.41, 5.74) is 7.47. The van der Waals surface area contributed by atoms with Crippen molar-refractivity contribution < 1.29 is 37.4 Å². The predicted molar refractivity (Wildman–Crippen MR) is 139 cm³/mol. The molecule has 11 heteroatoms. The van der Waals surface area contributed by atoms with E-state index in [-0.39, 0.29) is 6.42 Å². The van der Waals surface area contributed by atoms with Gasteiger partial charge in [0.25, 0.3) is 0 Å². The molecule has 3 aromatic rings. The highest BCUT2D eigenvalue weighted by molar-refractivity contribution is 5.79. The van der Waals surface area contributed by atoms with Gasteiger partial charge in [-0.05, 0) is 67.2 Å². The highest BCUT2D eigenvalue weighted by Gasteiger charge is 2.31. The van der Waals surface area contributed by atoms with Crippen LogP contribution in [-0.2, 0) is 27.3 Å². The zero-order chi connectivity index (χ0) is 27.8. The first kappa shape index (κ1) is 28.4. The SMILES string of the molecule is CONC(=C1CCCCC1)c1ccc2ccn(CCOc3ccc(C[C@H](OCC(F)(F)F)C(=O)O)cc3)c2n1. The van der Waals surface area contributed by atoms with Crippen molar-refractivity contribution in [2.24, 2.45) is 0 Å². The molecule has 0 spiro atoms. The van der Waals surface area contributed by atoms with Crippen LogP contribution >= 0.6 is 0 Å². The van der Waals surface area contributed by atoms with Crippen LogP contribution in [-0.4, -0.2) is 53.2 Å². The Labute approximate surface area is 224 Å². The van der Waals surface area contributed by atoms with E-state index >= 15 is 0 Å². The van der Waals surface area contributed by atoms with Crippen molar-refractivity contribution in [2.75, 3.05) is 20.3 Å². The van der Waals surface area contributed by atoms with Crippen molar-refractivity contribution in [1.29, 1.82) is 0 Å². The summed E-state index contributed by atoms with van der Waals surface area (Å²) in [6.45, 7) is -0.722. The van der Waals surface area contributed by atoms with Crippen molar-refractivity contribution in [3.63, 3.8) is 0 Å². The molecule has 1 fully saturated rings. The molecule has 0 radical (unpaired) electrons. The number of carboxylic acid groups (broad SMARTS) is 1. The fourth-order valence-corrected chi connectivity index (χ4v) is 4.63. The van der Waals surface area contributed by atoms with E-state index in [9.17, 15) is 23.1 Å². The number of fused-ring (bicyclic) bond motifs is 1. The number of alkyl halides is 3. The van der Waals surface area contributed by atoms with E-state index in [1.165, 1.54) is 12.0 Å². The molecule has 1 atom stereocenters. The van der Waals surface area contributed by atoms with Crippen molar-refractivity contribution >= 4 is 22.7 Å². The average Bonchev–Trinajstić information content (AvgIpc) is 3.32. The van der Waals surface area contributed by atoms with E-state index in [0.717, 1.165) is 48.1 Å². The van der Waals surface area contributed by atoms with Crippen molar-refractivity contribution in [3.8, 4) is 5.75 Å². The minimum atomic E-state index is -4.59. The molecule has 2 N–H and O–H groups in total. The van der Waals surface area contributed by atoms with Crippen LogP contribution in [0.5, 0.6) is 5.75 Å². The van der Waals surface area contributed by atoms with Crippen LogP contribution in [0.4, 0.5) is 13.2 Å². The largest absolute Gasteiger partial charge is 0.492 e. The lowest BCUT2D eigenvalue weighted by atomic mass is 9.92. The summed E-state index contributed by atoms with van der Waals surface area (Å²) in [6, 6.07) is 12.6. The number of ether oxygens (including phenoxy) is 2. The summed E-state index contributed by atoms with van der Waals surface area (Å²) in [6.07, 6.45) is 1.19. The number of rotatable bonds is 12. The lowest BCUT2D eigenvalue weighted by Gasteiger charge is -2.19. The molecule has 8 nitrogen and oxygen atoms in total. The number of allylic oxidation sites excluding steroid dienone is 1. The van der Waals surface area contributed by atoms with E-state index in [0.29, 0.717) is 24.5 Å². The van der Waals surface area contributed by atoms with Crippen LogP contribution in [0.1, 0.15) is 43.4 Å². The molecule has 0 saturated heterocycles. The Morgan fingerprint density at radius 2 is 1.85 bits per heavy atom. The third-order valence-electron chi connectivity index (χ3n) is 6.55. The van der Waals surface area contributed by atoms with Crippen molar-refractivity contribution in [1.82, 2.24) is 15.0 Å². The second-order valence-electron chi connectivity index (χ2n) is 9.41. The standard InChI is InChI=1S/C28H32F3N3O5/c1-37-33-25(20-5-3-2-4-6-20)23-12-9-21-13-14-34(26(21)32-23)15-16-38-22-10-7-19(8-11-22)17-24(27(35)36)39-18-28(29,30)31/h7-14,24,33H,2-6,15-18H2,1H3,(H,35,36)/t24-/m0/s1. The molecule has 39 heavy (non-hydrogen) atoms. The van der Waals surface area contributed by atoms with E-state index in [1.807, 2.05) is 29.0 Å². The molecule has 210 valence electrons. The van der Waals surface area contributed by atoms with Crippen LogP contribution in [0.25, 0.3) is 16.7 Å². The normalized spacial score (nSPS) is 14.8. The molecular weight excluding hydrogens is 515 g/mol. The summed E-state index contributed by atoms with van der Waals surface area (Å²) in [7, 11) is 1.60. The summed E-state index contributed by atoms with van der Waals surface area (Å²) in [5.74, 6) is -0.893. The van der Waals surface area contributed by atoms with Crippen LogP contribution < -0.4 is 10.2 Å². The Morgan fingerprint density at radius 3 is 2.51 bits per heavy atom. The third-order valence-corrected chi connectivity index (χ3v) is 6.55. The Morgan fingerprint density at radius 1 is 1.10 bits per heavy atom. The molecule has 0 bridgehead atoms. The summed E-state index contributed by atoms with van der Waals surface area (Å²) < 4.78 is 49.6. The molecule has 2 heterocycles. The quantitative estimate of drug-likeness (QED) is 0.289. The van der Waals surface area contributed by atoms with Gasteiger partial charge in [0.05, 0.1) is 25.0 Å². The van der Waals surface area contributed by atoms with Gasteiger partial charge in [-0.1, -0.05) is 18.6 Å². The van der Waals surface area contributed by atoms with Gasteiger partial charge < -0.3 is 19.1 Å². The van der Waals surface area contributed by atoms with Gasteiger partial charge in [-0.2, -0.15) is 13.2 Å². The van der Waals surface area contributed by atoms with Gasteiger partial charge >= 0.3 is 12.1 Å². The van der Waals surface area contributed by atoms with Crippen molar-refractivity contribution in [3.05, 3.63) is 65.5 Å². The number of hydrogen-bond acceptors (Lipinski definition) is 6. The molecule has 0 aliphatic heterocycles. The molecule has 1 aliphatic carbocycles. The minimum Gasteiger partial charge on any atom is -0.492 e. The smallest absolute Gasteiger partial charge is 0.411 e. The zero-order valence-corrected chi connectivity index (χ0v) is 21.7. The Hall–Kier alpha value is -3.57. The van der Waals surface area contributed by atoms with Gasteiger partial charge in [0.2, 0.25) is 0 Å². The highest BCUT2D eigenvalue weighted by atomic mass is 19.4. The number of nitrogens with zero attached hydrogens (tertiary/aromatic N) is 2. The molecule has 2 aromatic heterocycles. The maximum Gasteiger partial charge on any atom is 0.411 e. The fourth-order valence-electron chi connectivity index (χ4n) is 4.63. The van der Waals surface area contributed by atoms with E-state index in [2.05, 4.69) is 10.2 Å². The monoisotopic (exact) mass is 547 g/mol. The second-order valence-corrected chi connectivity index (χ2v) is 9.41. The Balaban J connectivity index is 1.38. The van der Waals surface area contributed by atoms with E-state index < -0.39 is 24.9 Å². The number of benzene rings is 1. The molecule has 0 unspecified atom stereocenters. The van der Waals surface area contributed by atoms with Crippen molar-refractivity contribution in [2.45, 2.75) is 57.3 Å². The van der Waals surface area contributed by atoms with Crippen LogP contribution in [0.3, 0.4) is 0 Å². The number of hydroxylamine groups is 1. The number of aromatic nitrogens is 2. The van der Waals surface area contributed by atoms with Gasteiger partial charge in [0.1, 0.15) is 24.6 Å². The first-order chi connectivity index (χ1) is 18.7. The lowest BCUT2D eigenvalue weighted by molar-refractivity contribution is -0.192. The highest BCUT2D eigenvalue weighted by Crippen LogP contribution is 2.29.